The van der Waals surface area contributed by atoms with Gasteiger partial charge in [-0.15, -0.1) is 0 Å². The van der Waals surface area contributed by atoms with Crippen molar-refractivity contribution in [2.24, 2.45) is 0 Å². The molecule has 0 atom stereocenters. The zero-order valence-electron chi connectivity index (χ0n) is 11.5. The quantitative estimate of drug-likeness (QED) is 0.835. The van der Waals surface area contributed by atoms with Crippen LogP contribution in [0.15, 0.2) is 24.4 Å². The van der Waals surface area contributed by atoms with Crippen LogP contribution in [0.2, 0.25) is 0 Å². The largest absolute Gasteiger partial charge is 0.497 e. The number of aromatic amines is 1. The maximum absolute atomic E-state index is 5.36. The second kappa shape index (κ2) is 6.24. The molecule has 1 aromatic carbocycles. The van der Waals surface area contributed by atoms with Crippen molar-refractivity contribution in [3.8, 4) is 11.5 Å². The predicted octanol–water partition coefficient (Wildman–Crippen LogP) is 2.03. The summed E-state index contributed by atoms with van der Waals surface area (Å²) in [6.07, 6.45) is 1.84. The van der Waals surface area contributed by atoms with Gasteiger partial charge < -0.3 is 14.8 Å². The molecule has 0 radical (unpaired) electrons. The summed E-state index contributed by atoms with van der Waals surface area (Å²) in [5.74, 6) is 1.63. The van der Waals surface area contributed by atoms with E-state index < -0.39 is 0 Å². The third-order valence-electron chi connectivity index (χ3n) is 3.06. The number of benzene rings is 1. The number of H-pyrrole nitrogens is 1. The van der Waals surface area contributed by atoms with E-state index in [4.69, 9.17) is 9.47 Å². The average molecular weight is 261 g/mol. The molecule has 2 aromatic rings. The highest BCUT2D eigenvalue weighted by Gasteiger charge is 2.05. The lowest BCUT2D eigenvalue weighted by atomic mass is 10.2. The summed E-state index contributed by atoms with van der Waals surface area (Å²) < 4.78 is 10.5. The molecule has 5 heteroatoms. The molecule has 0 bridgehead atoms. The Bertz CT molecular complexity index is 537. The van der Waals surface area contributed by atoms with Crippen molar-refractivity contribution in [2.75, 3.05) is 14.2 Å². The van der Waals surface area contributed by atoms with Gasteiger partial charge in [-0.05, 0) is 13.0 Å². The fourth-order valence-electron chi connectivity index (χ4n) is 1.88. The summed E-state index contributed by atoms with van der Waals surface area (Å²) in [6, 6.07) is 5.83. The van der Waals surface area contributed by atoms with Gasteiger partial charge in [0.1, 0.15) is 11.5 Å². The fraction of sp³-hybridized carbons (Fsp3) is 0.357. The topological polar surface area (TPSA) is 59.2 Å². The van der Waals surface area contributed by atoms with Crippen LogP contribution in [0.1, 0.15) is 16.8 Å². The Labute approximate surface area is 112 Å². The molecule has 0 aliphatic carbocycles. The molecule has 0 amide bonds. The highest BCUT2D eigenvalue weighted by Crippen LogP contribution is 2.24. The standard InChI is InChI=1S/C14H19N3O2/c1-10-12(9-16-17-10)8-15-7-11-4-5-13(18-2)6-14(11)19-3/h4-6,9,15H,7-8H2,1-3H3,(H,16,17). The first-order valence-electron chi connectivity index (χ1n) is 6.15. The van der Waals surface area contributed by atoms with Crippen LogP contribution in [0.3, 0.4) is 0 Å². The number of aryl methyl sites for hydroxylation is 1. The minimum absolute atomic E-state index is 0.734. The number of rotatable bonds is 6. The van der Waals surface area contributed by atoms with E-state index in [0.29, 0.717) is 0 Å². The second-order valence-corrected chi connectivity index (χ2v) is 4.30. The maximum atomic E-state index is 5.36. The van der Waals surface area contributed by atoms with Gasteiger partial charge in [-0.2, -0.15) is 5.10 Å². The van der Waals surface area contributed by atoms with Gasteiger partial charge in [0.05, 0.1) is 20.4 Å². The van der Waals surface area contributed by atoms with Crippen LogP contribution in [0.5, 0.6) is 11.5 Å². The molecule has 102 valence electrons. The molecule has 0 unspecified atom stereocenters. The molecule has 2 rings (SSSR count). The van der Waals surface area contributed by atoms with Gasteiger partial charge >= 0.3 is 0 Å². The Morgan fingerprint density at radius 1 is 1.16 bits per heavy atom. The van der Waals surface area contributed by atoms with Crippen LogP contribution in [-0.2, 0) is 13.1 Å². The van der Waals surface area contributed by atoms with Gasteiger partial charge in [-0.25, -0.2) is 0 Å². The Hall–Kier alpha value is -2.01. The fourth-order valence-corrected chi connectivity index (χ4v) is 1.88. The van der Waals surface area contributed by atoms with Crippen molar-refractivity contribution in [2.45, 2.75) is 20.0 Å². The molecule has 1 aromatic heterocycles. The molecular weight excluding hydrogens is 242 g/mol. The number of nitrogens with zero attached hydrogens (tertiary/aromatic N) is 1. The lowest BCUT2D eigenvalue weighted by Gasteiger charge is -2.11. The molecule has 0 aliphatic heterocycles. The Balaban J connectivity index is 1.97. The summed E-state index contributed by atoms with van der Waals surface area (Å²) in [7, 11) is 3.31. The monoisotopic (exact) mass is 261 g/mol. The molecule has 19 heavy (non-hydrogen) atoms. The highest BCUT2D eigenvalue weighted by atomic mass is 16.5. The van der Waals surface area contributed by atoms with E-state index in [2.05, 4.69) is 15.5 Å². The second-order valence-electron chi connectivity index (χ2n) is 4.30. The lowest BCUT2D eigenvalue weighted by Crippen LogP contribution is -2.13. The van der Waals surface area contributed by atoms with Gasteiger partial charge in [0.25, 0.3) is 0 Å². The van der Waals surface area contributed by atoms with Gasteiger partial charge in [0, 0.05) is 36.0 Å². The Kier molecular flexibility index (Phi) is 4.41. The summed E-state index contributed by atoms with van der Waals surface area (Å²) >= 11 is 0. The first kappa shape index (κ1) is 13.4. The SMILES string of the molecule is COc1ccc(CNCc2cn[nH]c2C)c(OC)c1. The van der Waals surface area contributed by atoms with Crippen LogP contribution in [0.25, 0.3) is 0 Å². The van der Waals surface area contributed by atoms with Crippen LogP contribution < -0.4 is 14.8 Å². The zero-order chi connectivity index (χ0) is 13.7. The van der Waals surface area contributed by atoms with Crippen molar-refractivity contribution in [3.63, 3.8) is 0 Å². The first-order chi connectivity index (χ1) is 9.24. The van der Waals surface area contributed by atoms with Crippen LogP contribution >= 0.6 is 0 Å². The van der Waals surface area contributed by atoms with Crippen LogP contribution in [-0.4, -0.2) is 24.4 Å². The predicted molar refractivity (Wildman–Crippen MR) is 73.4 cm³/mol. The van der Waals surface area contributed by atoms with E-state index in [0.717, 1.165) is 35.8 Å². The average Bonchev–Trinajstić information content (AvgIpc) is 2.84. The molecule has 0 saturated carbocycles. The highest BCUT2D eigenvalue weighted by molar-refractivity contribution is 5.40. The van der Waals surface area contributed by atoms with E-state index in [1.807, 2.05) is 31.3 Å². The molecule has 0 spiro atoms. The summed E-state index contributed by atoms with van der Waals surface area (Å²) in [5.41, 5.74) is 3.37. The molecule has 0 fully saturated rings. The summed E-state index contributed by atoms with van der Waals surface area (Å²) in [4.78, 5) is 0. The minimum atomic E-state index is 0.734. The van der Waals surface area contributed by atoms with E-state index in [9.17, 15) is 0 Å². The molecule has 0 aliphatic rings. The number of methoxy groups -OCH3 is 2. The molecule has 2 N–H and O–H groups in total. The number of ether oxygens (including phenoxy) is 2. The van der Waals surface area contributed by atoms with Crippen molar-refractivity contribution in [1.82, 2.24) is 15.5 Å². The minimum Gasteiger partial charge on any atom is -0.497 e. The molecule has 1 heterocycles. The third kappa shape index (κ3) is 3.26. The maximum Gasteiger partial charge on any atom is 0.127 e. The summed E-state index contributed by atoms with van der Waals surface area (Å²) in [6.45, 7) is 3.52. The Morgan fingerprint density at radius 2 is 1.95 bits per heavy atom. The van der Waals surface area contributed by atoms with E-state index in [-0.39, 0.29) is 0 Å². The summed E-state index contributed by atoms with van der Waals surface area (Å²) in [5, 5.41) is 10.3. The van der Waals surface area contributed by atoms with Crippen molar-refractivity contribution >= 4 is 0 Å². The van der Waals surface area contributed by atoms with Gasteiger partial charge in [-0.1, -0.05) is 6.07 Å². The Morgan fingerprint density at radius 3 is 2.58 bits per heavy atom. The zero-order valence-corrected chi connectivity index (χ0v) is 11.5. The van der Waals surface area contributed by atoms with Crippen LogP contribution in [0.4, 0.5) is 0 Å². The molecule has 5 nitrogen and oxygen atoms in total. The number of nitrogens with one attached hydrogen (secondary N) is 2. The van der Waals surface area contributed by atoms with E-state index in [1.165, 1.54) is 5.56 Å². The molecular formula is C14H19N3O2. The van der Waals surface area contributed by atoms with Gasteiger partial charge in [-0.3, -0.25) is 5.10 Å². The normalized spacial score (nSPS) is 10.5. The van der Waals surface area contributed by atoms with Crippen molar-refractivity contribution in [1.29, 1.82) is 0 Å². The van der Waals surface area contributed by atoms with Gasteiger partial charge in [0.2, 0.25) is 0 Å². The smallest absolute Gasteiger partial charge is 0.127 e. The number of hydrogen-bond acceptors (Lipinski definition) is 4. The molecule has 0 saturated heterocycles. The van der Waals surface area contributed by atoms with E-state index >= 15 is 0 Å². The number of hydrogen-bond donors (Lipinski definition) is 2. The van der Waals surface area contributed by atoms with Crippen LogP contribution in [0, 0.1) is 6.92 Å². The third-order valence-corrected chi connectivity index (χ3v) is 3.06. The van der Waals surface area contributed by atoms with Crippen molar-refractivity contribution < 1.29 is 9.47 Å². The van der Waals surface area contributed by atoms with Gasteiger partial charge in [0.15, 0.2) is 0 Å². The van der Waals surface area contributed by atoms with E-state index in [1.54, 1.807) is 14.2 Å². The van der Waals surface area contributed by atoms with Crippen molar-refractivity contribution in [3.05, 3.63) is 41.2 Å². The number of aromatic nitrogens is 2. The first-order valence-corrected chi connectivity index (χ1v) is 6.15. The lowest BCUT2D eigenvalue weighted by molar-refractivity contribution is 0.390.